The predicted molar refractivity (Wildman–Crippen MR) is 87.3 cm³/mol. The lowest BCUT2D eigenvalue weighted by Gasteiger charge is -2.12. The van der Waals surface area contributed by atoms with Gasteiger partial charge in [-0.3, -0.25) is 4.68 Å². The van der Waals surface area contributed by atoms with Gasteiger partial charge in [0.1, 0.15) is 11.5 Å². The molecule has 0 aliphatic carbocycles. The van der Waals surface area contributed by atoms with Crippen LogP contribution in [-0.2, 0) is 18.8 Å². The van der Waals surface area contributed by atoms with Gasteiger partial charge in [-0.15, -0.1) is 0 Å². The van der Waals surface area contributed by atoms with E-state index in [2.05, 4.69) is 28.0 Å². The Hall–Kier alpha value is -1.49. The summed E-state index contributed by atoms with van der Waals surface area (Å²) in [7, 11) is 1.92. The molecule has 114 valence electrons. The van der Waals surface area contributed by atoms with Crippen LogP contribution in [0.25, 0.3) is 0 Å². The van der Waals surface area contributed by atoms with Crippen molar-refractivity contribution in [1.82, 2.24) is 9.78 Å². The molecule has 0 radical (unpaired) electrons. The second kappa shape index (κ2) is 8.08. The molecule has 0 unspecified atom stereocenters. The normalized spacial score (nSPS) is 10.6. The highest BCUT2D eigenvalue weighted by Gasteiger charge is 2.06. The predicted octanol–water partition coefficient (Wildman–Crippen LogP) is 3.73. The van der Waals surface area contributed by atoms with E-state index in [-0.39, 0.29) is 0 Å². The fourth-order valence-corrected chi connectivity index (χ4v) is 2.43. The Morgan fingerprint density at radius 3 is 2.76 bits per heavy atom. The number of hydrogen-bond acceptors (Lipinski definition) is 3. The summed E-state index contributed by atoms with van der Waals surface area (Å²) in [6.45, 7) is 3.45. The zero-order valence-corrected chi connectivity index (χ0v) is 14.1. The summed E-state index contributed by atoms with van der Waals surface area (Å²) in [5.41, 5.74) is 2.31. The number of rotatable bonds is 8. The topological polar surface area (TPSA) is 36.3 Å². The van der Waals surface area contributed by atoms with Crippen LogP contribution in [0.4, 0.5) is 0 Å². The van der Waals surface area contributed by atoms with Crippen LogP contribution >= 0.6 is 15.9 Å². The maximum absolute atomic E-state index is 5.91. The fourth-order valence-electron chi connectivity index (χ4n) is 1.97. The van der Waals surface area contributed by atoms with Gasteiger partial charge in [0.15, 0.2) is 0 Å². The molecule has 0 spiro atoms. The molecular formula is C16H21BrN2O2. The third-order valence-corrected chi connectivity index (χ3v) is 3.67. The van der Waals surface area contributed by atoms with E-state index >= 15 is 0 Å². The molecule has 1 heterocycles. The molecule has 0 bridgehead atoms. The van der Waals surface area contributed by atoms with Crippen LogP contribution in [0.1, 0.15) is 24.5 Å². The minimum absolute atomic E-state index is 0.628. The number of hydrogen-bond donors (Lipinski definition) is 0. The Labute approximate surface area is 134 Å². The second-order valence-corrected chi connectivity index (χ2v) is 5.43. The molecule has 0 aliphatic heterocycles. The molecule has 2 aromatic rings. The summed E-state index contributed by atoms with van der Waals surface area (Å²) < 4.78 is 13.4. The van der Waals surface area contributed by atoms with Gasteiger partial charge in [-0.25, -0.2) is 0 Å². The standard InChI is InChI=1S/C16H21BrN2O2/c1-3-7-20-15-5-4-14(10-17)16(9-15)21-8-6-13-11-18-19(2)12-13/h4-5,9,11-12H,3,6-8,10H2,1-2H3. The van der Waals surface area contributed by atoms with Crippen LogP contribution in [0, 0.1) is 0 Å². The van der Waals surface area contributed by atoms with Crippen molar-refractivity contribution >= 4 is 15.9 Å². The van der Waals surface area contributed by atoms with E-state index in [1.54, 1.807) is 4.68 Å². The van der Waals surface area contributed by atoms with Crippen molar-refractivity contribution in [3.63, 3.8) is 0 Å². The summed E-state index contributed by atoms with van der Waals surface area (Å²) in [6.07, 6.45) is 5.72. The third-order valence-electron chi connectivity index (χ3n) is 3.06. The van der Waals surface area contributed by atoms with Crippen LogP contribution < -0.4 is 9.47 Å². The summed E-state index contributed by atoms with van der Waals surface area (Å²) in [6, 6.07) is 5.99. The van der Waals surface area contributed by atoms with Crippen molar-refractivity contribution in [2.45, 2.75) is 25.1 Å². The maximum Gasteiger partial charge on any atom is 0.127 e. The highest BCUT2D eigenvalue weighted by atomic mass is 79.9. The van der Waals surface area contributed by atoms with Crippen LogP contribution in [0.15, 0.2) is 30.6 Å². The minimum Gasteiger partial charge on any atom is -0.493 e. The van der Waals surface area contributed by atoms with E-state index in [1.807, 2.05) is 37.6 Å². The molecule has 0 N–H and O–H groups in total. The zero-order chi connectivity index (χ0) is 15.1. The van der Waals surface area contributed by atoms with Gasteiger partial charge in [-0.1, -0.05) is 28.9 Å². The first-order valence-electron chi connectivity index (χ1n) is 7.15. The lowest BCUT2D eigenvalue weighted by molar-refractivity contribution is 0.302. The Morgan fingerprint density at radius 1 is 1.24 bits per heavy atom. The van der Waals surface area contributed by atoms with E-state index < -0.39 is 0 Å². The fraction of sp³-hybridized carbons (Fsp3) is 0.438. The molecule has 21 heavy (non-hydrogen) atoms. The lowest BCUT2D eigenvalue weighted by atomic mass is 10.2. The zero-order valence-electron chi connectivity index (χ0n) is 12.5. The molecule has 4 nitrogen and oxygen atoms in total. The van der Waals surface area contributed by atoms with Crippen molar-refractivity contribution in [1.29, 1.82) is 0 Å². The molecule has 5 heteroatoms. The van der Waals surface area contributed by atoms with Crippen molar-refractivity contribution in [2.24, 2.45) is 7.05 Å². The molecule has 0 aliphatic rings. The summed E-state index contributed by atoms with van der Waals surface area (Å²) in [4.78, 5) is 0. The van der Waals surface area contributed by atoms with Crippen LogP contribution in [0.2, 0.25) is 0 Å². The van der Waals surface area contributed by atoms with Gasteiger partial charge >= 0.3 is 0 Å². The van der Waals surface area contributed by atoms with Gasteiger partial charge in [0.05, 0.1) is 19.4 Å². The first kappa shape index (κ1) is 15.9. The molecule has 0 saturated heterocycles. The molecule has 2 rings (SSSR count). The number of aryl methyl sites for hydroxylation is 1. The number of ether oxygens (including phenoxy) is 2. The Morgan fingerprint density at radius 2 is 2.10 bits per heavy atom. The molecule has 1 aromatic carbocycles. The SMILES string of the molecule is CCCOc1ccc(CBr)c(OCCc2cnn(C)c2)c1. The number of benzene rings is 1. The van der Waals surface area contributed by atoms with Gasteiger partial charge in [0.25, 0.3) is 0 Å². The van der Waals surface area contributed by atoms with Crippen molar-refractivity contribution < 1.29 is 9.47 Å². The molecular weight excluding hydrogens is 332 g/mol. The first-order chi connectivity index (χ1) is 10.2. The molecule has 0 atom stereocenters. The molecule has 0 amide bonds. The Balaban J connectivity index is 1.96. The van der Waals surface area contributed by atoms with E-state index in [0.717, 1.165) is 41.8 Å². The van der Waals surface area contributed by atoms with Gasteiger partial charge in [0.2, 0.25) is 0 Å². The van der Waals surface area contributed by atoms with Crippen LogP contribution in [0.3, 0.4) is 0 Å². The lowest BCUT2D eigenvalue weighted by Crippen LogP contribution is -2.03. The van der Waals surface area contributed by atoms with Gasteiger partial charge in [0, 0.05) is 36.6 Å². The summed E-state index contributed by atoms with van der Waals surface area (Å²) in [5, 5.41) is 4.92. The average Bonchev–Trinajstić information content (AvgIpc) is 2.91. The van der Waals surface area contributed by atoms with Crippen molar-refractivity contribution in [2.75, 3.05) is 13.2 Å². The van der Waals surface area contributed by atoms with E-state index in [9.17, 15) is 0 Å². The quantitative estimate of drug-likeness (QED) is 0.679. The van der Waals surface area contributed by atoms with E-state index in [0.29, 0.717) is 6.61 Å². The number of alkyl halides is 1. The smallest absolute Gasteiger partial charge is 0.127 e. The Kier molecular flexibility index (Phi) is 6.11. The van der Waals surface area contributed by atoms with E-state index in [4.69, 9.17) is 9.47 Å². The van der Waals surface area contributed by atoms with Crippen LogP contribution in [0.5, 0.6) is 11.5 Å². The second-order valence-electron chi connectivity index (χ2n) is 4.87. The van der Waals surface area contributed by atoms with Crippen LogP contribution in [-0.4, -0.2) is 23.0 Å². The monoisotopic (exact) mass is 352 g/mol. The first-order valence-corrected chi connectivity index (χ1v) is 8.27. The molecule has 1 aromatic heterocycles. The third kappa shape index (κ3) is 4.77. The maximum atomic E-state index is 5.91. The number of halogens is 1. The van der Waals surface area contributed by atoms with Gasteiger partial charge < -0.3 is 9.47 Å². The number of nitrogens with zero attached hydrogens (tertiary/aromatic N) is 2. The number of aromatic nitrogens is 2. The summed E-state index contributed by atoms with van der Waals surface area (Å²) in [5.74, 6) is 1.74. The highest BCUT2D eigenvalue weighted by Crippen LogP contribution is 2.27. The summed E-state index contributed by atoms with van der Waals surface area (Å²) >= 11 is 3.49. The Bertz CT molecular complexity index is 569. The molecule has 0 saturated carbocycles. The van der Waals surface area contributed by atoms with Gasteiger partial charge in [-0.05, 0) is 18.1 Å². The molecule has 0 fully saturated rings. The minimum atomic E-state index is 0.628. The van der Waals surface area contributed by atoms with Crippen molar-refractivity contribution in [3.8, 4) is 11.5 Å². The van der Waals surface area contributed by atoms with E-state index in [1.165, 1.54) is 5.56 Å². The largest absolute Gasteiger partial charge is 0.493 e. The van der Waals surface area contributed by atoms with Gasteiger partial charge in [-0.2, -0.15) is 5.10 Å². The average molecular weight is 353 g/mol. The highest BCUT2D eigenvalue weighted by molar-refractivity contribution is 9.08. The van der Waals surface area contributed by atoms with Crippen molar-refractivity contribution in [3.05, 3.63) is 41.7 Å².